The molecule has 0 fully saturated rings. The summed E-state index contributed by atoms with van der Waals surface area (Å²) in [7, 11) is 0. The maximum atomic E-state index is 11.7. The first-order chi connectivity index (χ1) is 9.49. The van der Waals surface area contributed by atoms with Crippen LogP contribution in [-0.2, 0) is 11.4 Å². The van der Waals surface area contributed by atoms with Crippen LogP contribution in [0.15, 0.2) is 18.2 Å². The highest BCUT2D eigenvalue weighted by atomic mass is 16.6. The van der Waals surface area contributed by atoms with Gasteiger partial charge in [-0.15, -0.1) is 0 Å². The third-order valence-electron chi connectivity index (χ3n) is 2.65. The number of hydrogen-bond acceptors (Lipinski definition) is 5. The van der Waals surface area contributed by atoms with Crippen molar-refractivity contribution in [2.45, 2.75) is 33.0 Å². The van der Waals surface area contributed by atoms with Crippen molar-refractivity contribution in [2.75, 3.05) is 6.54 Å². The average molecular weight is 282 g/mol. The number of benzene rings is 1. The largest absolute Gasteiger partial charge is 0.481 e. The predicted octanol–water partition coefficient (Wildman–Crippen LogP) is 1.38. The standard InChI is InChI=1S/C13H18N2O5/c1-3-6-14-13(17)9(2)20-12-5-4-11(15(18)19)7-10(12)8-16/h4-5,7,9,16H,3,6,8H2,1-2H3,(H,14,17). The van der Waals surface area contributed by atoms with Gasteiger partial charge in [0.15, 0.2) is 6.10 Å². The zero-order chi connectivity index (χ0) is 15.1. The van der Waals surface area contributed by atoms with E-state index in [0.717, 1.165) is 6.42 Å². The number of carbonyl (C=O) groups is 1. The Morgan fingerprint density at radius 2 is 2.25 bits per heavy atom. The van der Waals surface area contributed by atoms with Gasteiger partial charge in [-0.2, -0.15) is 0 Å². The van der Waals surface area contributed by atoms with Crippen molar-refractivity contribution < 1.29 is 19.6 Å². The van der Waals surface area contributed by atoms with Gasteiger partial charge in [-0.05, 0) is 19.4 Å². The summed E-state index contributed by atoms with van der Waals surface area (Å²) in [5, 5.41) is 22.5. The second-order valence-electron chi connectivity index (χ2n) is 4.26. The number of amides is 1. The molecule has 1 unspecified atom stereocenters. The highest BCUT2D eigenvalue weighted by molar-refractivity contribution is 5.80. The van der Waals surface area contributed by atoms with Crippen molar-refractivity contribution in [3.8, 4) is 5.75 Å². The summed E-state index contributed by atoms with van der Waals surface area (Å²) in [5.41, 5.74) is 0.138. The third kappa shape index (κ3) is 4.20. The van der Waals surface area contributed by atoms with Crippen molar-refractivity contribution in [1.29, 1.82) is 0 Å². The van der Waals surface area contributed by atoms with Gasteiger partial charge in [0.2, 0.25) is 0 Å². The maximum Gasteiger partial charge on any atom is 0.270 e. The summed E-state index contributed by atoms with van der Waals surface area (Å²) >= 11 is 0. The molecule has 1 aromatic carbocycles. The molecule has 1 rings (SSSR count). The average Bonchev–Trinajstić information content (AvgIpc) is 2.44. The summed E-state index contributed by atoms with van der Waals surface area (Å²) in [6, 6.07) is 3.88. The smallest absolute Gasteiger partial charge is 0.270 e. The fourth-order valence-corrected chi connectivity index (χ4v) is 1.55. The fourth-order valence-electron chi connectivity index (χ4n) is 1.55. The molecule has 0 bridgehead atoms. The molecule has 1 aromatic rings. The molecule has 1 atom stereocenters. The van der Waals surface area contributed by atoms with Crippen molar-refractivity contribution in [3.05, 3.63) is 33.9 Å². The molecule has 0 spiro atoms. The van der Waals surface area contributed by atoms with Crippen LogP contribution < -0.4 is 10.1 Å². The summed E-state index contributed by atoms with van der Waals surface area (Å²) in [4.78, 5) is 21.8. The van der Waals surface area contributed by atoms with Crippen LogP contribution in [-0.4, -0.2) is 28.6 Å². The number of non-ortho nitro benzene ring substituents is 1. The molecule has 0 aliphatic heterocycles. The highest BCUT2D eigenvalue weighted by Crippen LogP contribution is 2.25. The summed E-state index contributed by atoms with van der Waals surface area (Å²) in [6.07, 6.45) is 0.0750. The molecule has 7 heteroatoms. The topological polar surface area (TPSA) is 102 Å². The zero-order valence-corrected chi connectivity index (χ0v) is 11.5. The van der Waals surface area contributed by atoms with Crippen LogP contribution in [0.25, 0.3) is 0 Å². The maximum absolute atomic E-state index is 11.7. The van der Waals surface area contributed by atoms with Gasteiger partial charge in [-0.1, -0.05) is 6.92 Å². The molecule has 0 saturated carbocycles. The van der Waals surface area contributed by atoms with E-state index in [1.54, 1.807) is 6.92 Å². The van der Waals surface area contributed by atoms with Crippen LogP contribution in [0.4, 0.5) is 5.69 Å². The summed E-state index contributed by atoms with van der Waals surface area (Å²) in [5.74, 6) is -0.00802. The number of nitro benzene ring substituents is 1. The van der Waals surface area contributed by atoms with Crippen molar-refractivity contribution in [2.24, 2.45) is 0 Å². The number of nitrogens with zero attached hydrogens (tertiary/aromatic N) is 1. The molecule has 0 saturated heterocycles. The lowest BCUT2D eigenvalue weighted by Crippen LogP contribution is -2.36. The minimum Gasteiger partial charge on any atom is -0.481 e. The molecule has 1 amide bonds. The minimum atomic E-state index is -0.742. The molecule has 0 radical (unpaired) electrons. The van der Waals surface area contributed by atoms with Crippen LogP contribution in [0.1, 0.15) is 25.8 Å². The van der Waals surface area contributed by atoms with Crippen molar-refractivity contribution in [1.82, 2.24) is 5.32 Å². The number of rotatable bonds is 7. The van der Waals surface area contributed by atoms with E-state index in [1.165, 1.54) is 18.2 Å². The van der Waals surface area contributed by atoms with Gasteiger partial charge in [0.25, 0.3) is 11.6 Å². The number of hydrogen-bond donors (Lipinski definition) is 2. The molecular formula is C13H18N2O5. The Kier molecular flexibility index (Phi) is 5.92. The van der Waals surface area contributed by atoms with E-state index in [-0.39, 0.29) is 22.9 Å². The Bertz CT molecular complexity index is 490. The Balaban J connectivity index is 2.81. The molecule has 20 heavy (non-hydrogen) atoms. The number of ether oxygens (including phenoxy) is 1. The van der Waals surface area contributed by atoms with Gasteiger partial charge in [-0.3, -0.25) is 14.9 Å². The number of carbonyl (C=O) groups excluding carboxylic acids is 1. The lowest BCUT2D eigenvalue weighted by Gasteiger charge is -2.16. The van der Waals surface area contributed by atoms with E-state index in [9.17, 15) is 20.0 Å². The van der Waals surface area contributed by atoms with Crippen LogP contribution in [0.3, 0.4) is 0 Å². The minimum absolute atomic E-state index is 0.135. The van der Waals surface area contributed by atoms with E-state index in [0.29, 0.717) is 6.54 Å². The SMILES string of the molecule is CCCNC(=O)C(C)Oc1ccc([N+](=O)[O-])cc1CO. The molecule has 2 N–H and O–H groups in total. The molecule has 0 heterocycles. The number of aliphatic hydroxyl groups is 1. The normalized spacial score (nSPS) is 11.8. The third-order valence-corrected chi connectivity index (χ3v) is 2.65. The quantitative estimate of drug-likeness (QED) is 0.581. The fraction of sp³-hybridized carbons (Fsp3) is 0.462. The number of aliphatic hydroxyl groups excluding tert-OH is 1. The van der Waals surface area contributed by atoms with Gasteiger partial charge in [0, 0.05) is 24.2 Å². The second-order valence-corrected chi connectivity index (χ2v) is 4.26. The first-order valence-electron chi connectivity index (χ1n) is 6.32. The summed E-state index contributed by atoms with van der Waals surface area (Å²) < 4.78 is 5.44. The van der Waals surface area contributed by atoms with Crippen molar-refractivity contribution in [3.63, 3.8) is 0 Å². The van der Waals surface area contributed by atoms with E-state index < -0.39 is 17.6 Å². The summed E-state index contributed by atoms with van der Waals surface area (Å²) in [6.45, 7) is 3.67. The lowest BCUT2D eigenvalue weighted by atomic mass is 10.2. The van der Waals surface area contributed by atoms with Gasteiger partial charge in [0.05, 0.1) is 11.5 Å². The van der Waals surface area contributed by atoms with Gasteiger partial charge in [0.1, 0.15) is 5.75 Å². The second kappa shape index (κ2) is 7.44. The van der Waals surface area contributed by atoms with E-state index >= 15 is 0 Å². The zero-order valence-electron chi connectivity index (χ0n) is 11.5. The monoisotopic (exact) mass is 282 g/mol. The van der Waals surface area contributed by atoms with Crippen LogP contribution in [0.2, 0.25) is 0 Å². The van der Waals surface area contributed by atoms with E-state index in [2.05, 4.69) is 5.32 Å². The number of nitro groups is 1. The van der Waals surface area contributed by atoms with Crippen LogP contribution in [0, 0.1) is 10.1 Å². The first kappa shape index (κ1) is 15.9. The van der Waals surface area contributed by atoms with E-state index in [4.69, 9.17) is 4.74 Å². The van der Waals surface area contributed by atoms with E-state index in [1.807, 2.05) is 6.92 Å². The van der Waals surface area contributed by atoms with Crippen molar-refractivity contribution >= 4 is 11.6 Å². The lowest BCUT2D eigenvalue weighted by molar-refractivity contribution is -0.385. The van der Waals surface area contributed by atoms with Crippen LogP contribution >= 0.6 is 0 Å². The molecular weight excluding hydrogens is 264 g/mol. The Morgan fingerprint density at radius 1 is 1.55 bits per heavy atom. The Labute approximate surface area is 116 Å². The molecule has 7 nitrogen and oxygen atoms in total. The van der Waals surface area contributed by atoms with Crippen LogP contribution in [0.5, 0.6) is 5.75 Å². The van der Waals surface area contributed by atoms with Gasteiger partial charge >= 0.3 is 0 Å². The predicted molar refractivity (Wildman–Crippen MR) is 72.4 cm³/mol. The Morgan fingerprint density at radius 3 is 2.80 bits per heavy atom. The van der Waals surface area contributed by atoms with Gasteiger partial charge in [-0.25, -0.2) is 0 Å². The molecule has 0 aliphatic carbocycles. The Hall–Kier alpha value is -2.15. The molecule has 0 aliphatic rings. The molecule has 0 aromatic heterocycles. The highest BCUT2D eigenvalue weighted by Gasteiger charge is 2.17. The van der Waals surface area contributed by atoms with Gasteiger partial charge < -0.3 is 15.2 Å². The first-order valence-corrected chi connectivity index (χ1v) is 6.32. The molecule has 110 valence electrons. The number of nitrogens with one attached hydrogen (secondary N) is 1.